The van der Waals surface area contributed by atoms with Crippen LogP contribution in [0.5, 0.6) is 0 Å². The fraction of sp³-hybridized carbons (Fsp3) is 0.321. The maximum absolute atomic E-state index is 12.6. The zero-order valence-corrected chi connectivity index (χ0v) is 20.2. The van der Waals surface area contributed by atoms with Crippen LogP contribution >= 0.6 is 0 Å². The number of allylic oxidation sites excluding steroid dienone is 10. The Morgan fingerprint density at radius 2 is 1.57 bits per heavy atom. The Balaban J connectivity index is 0. The van der Waals surface area contributed by atoms with Crippen LogP contribution in [0.15, 0.2) is 107 Å². The number of benzene rings is 1. The van der Waals surface area contributed by atoms with Gasteiger partial charge in [-0.1, -0.05) is 80.3 Å². The molecule has 0 saturated heterocycles. The lowest BCUT2D eigenvalue weighted by molar-refractivity contribution is 0.670. The molecule has 0 aliphatic rings. The standard InChI is InChI=1S/C13H17F.C8H15N.C7H8/c1-6-12(7-2)13(8-3)10(4)9-11(5)14;1-5-8(6-2)9-7(3)4;1-7-5-3-2-4-6-7/h6-9H,1,5H2,2-4H3;5H,6H2,1-4H3;2-6H,1H3/b10-9-,12-7+,13-8+;8-5-;. The number of aliphatic imine (C=N–C) groups is 1. The second-order valence-corrected chi connectivity index (χ2v) is 6.77. The van der Waals surface area contributed by atoms with E-state index in [0.29, 0.717) is 0 Å². The molecule has 1 rings (SSSR count). The third-order valence-electron chi connectivity index (χ3n) is 3.93. The van der Waals surface area contributed by atoms with Crippen molar-refractivity contribution < 1.29 is 4.39 Å². The fourth-order valence-electron chi connectivity index (χ4n) is 2.49. The van der Waals surface area contributed by atoms with E-state index >= 15 is 0 Å². The molecule has 0 N–H and O–H groups in total. The van der Waals surface area contributed by atoms with Crippen LogP contribution in [-0.2, 0) is 0 Å². The molecule has 0 atom stereocenters. The van der Waals surface area contributed by atoms with E-state index in [-0.39, 0.29) is 0 Å². The van der Waals surface area contributed by atoms with Gasteiger partial charge in [-0.05, 0) is 77.7 Å². The van der Waals surface area contributed by atoms with Gasteiger partial charge >= 0.3 is 0 Å². The average Bonchev–Trinajstić information content (AvgIpc) is 2.70. The van der Waals surface area contributed by atoms with Crippen molar-refractivity contribution in [1.29, 1.82) is 0 Å². The highest BCUT2D eigenvalue weighted by Crippen LogP contribution is 2.21. The van der Waals surface area contributed by atoms with Crippen molar-refractivity contribution in [3.8, 4) is 0 Å². The molecule has 0 aliphatic carbocycles. The van der Waals surface area contributed by atoms with Crippen molar-refractivity contribution in [2.75, 3.05) is 0 Å². The molecule has 30 heavy (non-hydrogen) atoms. The van der Waals surface area contributed by atoms with Crippen LogP contribution in [0.1, 0.15) is 60.5 Å². The molecular weight excluding hydrogens is 369 g/mol. The second-order valence-electron chi connectivity index (χ2n) is 6.77. The van der Waals surface area contributed by atoms with Crippen LogP contribution in [0.4, 0.5) is 4.39 Å². The molecule has 0 unspecified atom stereocenters. The van der Waals surface area contributed by atoms with Crippen LogP contribution in [0.3, 0.4) is 0 Å². The molecule has 0 bridgehead atoms. The number of aryl methyl sites for hydroxylation is 1. The van der Waals surface area contributed by atoms with Gasteiger partial charge in [0.25, 0.3) is 0 Å². The topological polar surface area (TPSA) is 12.4 Å². The largest absolute Gasteiger partial charge is 0.263 e. The lowest BCUT2D eigenvalue weighted by Crippen LogP contribution is -1.88. The first-order chi connectivity index (χ1) is 14.2. The van der Waals surface area contributed by atoms with Crippen LogP contribution in [0, 0.1) is 6.92 Å². The van der Waals surface area contributed by atoms with E-state index in [1.807, 2.05) is 78.0 Å². The van der Waals surface area contributed by atoms with Gasteiger partial charge < -0.3 is 0 Å². The predicted molar refractivity (Wildman–Crippen MR) is 136 cm³/mol. The fourth-order valence-corrected chi connectivity index (χ4v) is 2.49. The Morgan fingerprint density at radius 1 is 1.00 bits per heavy atom. The second kappa shape index (κ2) is 18.3. The summed E-state index contributed by atoms with van der Waals surface area (Å²) in [6.45, 7) is 22.9. The summed E-state index contributed by atoms with van der Waals surface area (Å²) in [4.78, 5) is 4.29. The lowest BCUT2D eigenvalue weighted by atomic mass is 9.98. The lowest BCUT2D eigenvalue weighted by Gasteiger charge is -2.07. The molecule has 164 valence electrons. The summed E-state index contributed by atoms with van der Waals surface area (Å²) in [5.41, 5.74) is 6.47. The van der Waals surface area contributed by atoms with Crippen LogP contribution in [0.25, 0.3) is 0 Å². The molecule has 0 heterocycles. The number of rotatable bonds is 6. The Hall–Kier alpha value is -2.74. The van der Waals surface area contributed by atoms with E-state index in [0.717, 1.165) is 28.9 Å². The van der Waals surface area contributed by atoms with Crippen LogP contribution < -0.4 is 0 Å². The quantitative estimate of drug-likeness (QED) is 0.328. The van der Waals surface area contributed by atoms with Gasteiger partial charge in [0.1, 0.15) is 5.83 Å². The Bertz CT molecular complexity index is 783. The third-order valence-corrected chi connectivity index (χ3v) is 3.93. The highest BCUT2D eigenvalue weighted by atomic mass is 19.1. The third kappa shape index (κ3) is 15.2. The Kier molecular flexibility index (Phi) is 18.0. The summed E-state index contributed by atoms with van der Waals surface area (Å²) in [7, 11) is 0. The van der Waals surface area contributed by atoms with Gasteiger partial charge in [0.05, 0.1) is 0 Å². The smallest absolute Gasteiger partial charge is 0.116 e. The van der Waals surface area contributed by atoms with Crippen molar-refractivity contribution in [3.05, 3.63) is 108 Å². The summed E-state index contributed by atoms with van der Waals surface area (Å²) in [6, 6.07) is 10.3. The number of halogens is 1. The van der Waals surface area contributed by atoms with Gasteiger partial charge in [0, 0.05) is 11.4 Å². The summed E-state index contributed by atoms with van der Waals surface area (Å²) < 4.78 is 12.6. The van der Waals surface area contributed by atoms with Crippen molar-refractivity contribution in [2.45, 2.75) is 61.8 Å². The van der Waals surface area contributed by atoms with E-state index in [1.165, 1.54) is 17.3 Å². The number of nitrogens with zero attached hydrogens (tertiary/aromatic N) is 1. The maximum Gasteiger partial charge on any atom is 0.116 e. The minimum absolute atomic E-state index is 0.429. The monoisotopic (exact) mass is 409 g/mol. The molecule has 0 spiro atoms. The van der Waals surface area contributed by atoms with Crippen molar-refractivity contribution in [2.24, 2.45) is 4.99 Å². The van der Waals surface area contributed by atoms with Gasteiger partial charge in [-0.2, -0.15) is 0 Å². The first-order valence-electron chi connectivity index (χ1n) is 10.3. The summed E-state index contributed by atoms with van der Waals surface area (Å²) in [5.74, 6) is -0.429. The molecule has 0 aromatic heterocycles. The van der Waals surface area contributed by atoms with Gasteiger partial charge in [-0.3, -0.25) is 4.99 Å². The molecule has 0 radical (unpaired) electrons. The number of hydrogen-bond donors (Lipinski definition) is 0. The van der Waals surface area contributed by atoms with Crippen molar-refractivity contribution in [1.82, 2.24) is 0 Å². The molecule has 0 saturated carbocycles. The van der Waals surface area contributed by atoms with Crippen LogP contribution in [-0.4, -0.2) is 5.71 Å². The minimum atomic E-state index is -0.429. The first-order valence-corrected chi connectivity index (χ1v) is 10.3. The molecule has 1 aromatic rings. The van der Waals surface area contributed by atoms with E-state index in [2.05, 4.69) is 44.1 Å². The average molecular weight is 410 g/mol. The Labute approximate surface area is 184 Å². The van der Waals surface area contributed by atoms with Gasteiger partial charge in [-0.25, -0.2) is 4.39 Å². The van der Waals surface area contributed by atoms with Gasteiger partial charge in [0.15, 0.2) is 0 Å². The summed E-state index contributed by atoms with van der Waals surface area (Å²) >= 11 is 0. The van der Waals surface area contributed by atoms with E-state index in [9.17, 15) is 4.39 Å². The molecule has 0 aliphatic heterocycles. The van der Waals surface area contributed by atoms with Gasteiger partial charge in [0.2, 0.25) is 0 Å². The molecular formula is C28H40FN. The SMILES string of the molecule is C/C=C(/CC)N=C(C)C.C=CC(=C\C)/C(=C/C)C(/C)=C\C(=C)F.Cc1ccccc1. The van der Waals surface area contributed by atoms with Gasteiger partial charge in [-0.15, -0.1) is 0 Å². The van der Waals surface area contributed by atoms with Crippen molar-refractivity contribution in [3.63, 3.8) is 0 Å². The molecule has 0 fully saturated rings. The first kappa shape index (κ1) is 29.5. The van der Waals surface area contributed by atoms with E-state index in [1.54, 1.807) is 6.08 Å². The molecule has 0 amide bonds. The van der Waals surface area contributed by atoms with Crippen molar-refractivity contribution >= 4 is 5.71 Å². The highest BCUT2D eigenvalue weighted by molar-refractivity contribution is 5.80. The minimum Gasteiger partial charge on any atom is -0.263 e. The number of hydrogen-bond acceptors (Lipinski definition) is 1. The summed E-state index contributed by atoms with van der Waals surface area (Å²) in [6.07, 6.45) is 10.1. The predicted octanol–water partition coefficient (Wildman–Crippen LogP) is 9.27. The zero-order valence-electron chi connectivity index (χ0n) is 20.2. The van der Waals surface area contributed by atoms with Crippen LogP contribution in [0.2, 0.25) is 0 Å². The Morgan fingerprint density at radius 3 is 1.80 bits per heavy atom. The van der Waals surface area contributed by atoms with E-state index in [4.69, 9.17) is 0 Å². The summed E-state index contributed by atoms with van der Waals surface area (Å²) in [5, 5.41) is 0. The zero-order chi connectivity index (χ0) is 23.5. The molecule has 1 nitrogen and oxygen atoms in total. The normalized spacial score (nSPS) is 12.0. The molecule has 1 aromatic carbocycles. The highest BCUT2D eigenvalue weighted by Gasteiger charge is 2.02. The van der Waals surface area contributed by atoms with E-state index < -0.39 is 5.83 Å². The molecule has 2 heteroatoms. The maximum atomic E-state index is 12.6.